The highest BCUT2D eigenvalue weighted by Crippen LogP contribution is 2.20. The lowest BCUT2D eigenvalue weighted by Gasteiger charge is -2.30. The molecule has 3 aromatic rings. The molecule has 16 nitrogen and oxygen atoms in total. The zero-order valence-electron chi connectivity index (χ0n) is 25.7. The number of rotatable bonds is 12. The van der Waals surface area contributed by atoms with Gasteiger partial charge >= 0.3 is 11.9 Å². The van der Waals surface area contributed by atoms with Crippen LogP contribution in [0.1, 0.15) is 46.6 Å². The number of nitro groups is 1. The summed E-state index contributed by atoms with van der Waals surface area (Å²) in [7, 11) is 0. The monoisotopic (exact) mass is 647 g/mol. The van der Waals surface area contributed by atoms with Crippen LogP contribution < -0.4 is 10.6 Å². The maximum absolute atomic E-state index is 13.9. The Morgan fingerprint density at radius 2 is 1.72 bits per heavy atom. The number of fused-ring (bicyclic) bond motifs is 1. The van der Waals surface area contributed by atoms with Crippen molar-refractivity contribution in [3.63, 3.8) is 0 Å². The quantitative estimate of drug-likeness (QED) is 0.0841. The maximum Gasteiger partial charge on any atom is 0.327 e. The molecule has 0 aliphatic carbocycles. The van der Waals surface area contributed by atoms with Crippen LogP contribution in [0.3, 0.4) is 0 Å². The third kappa shape index (κ3) is 9.29. The van der Waals surface area contributed by atoms with E-state index in [4.69, 9.17) is 10.1 Å². The van der Waals surface area contributed by atoms with Crippen molar-refractivity contribution in [2.45, 2.75) is 45.8 Å². The van der Waals surface area contributed by atoms with E-state index >= 15 is 0 Å². The molecule has 4 rings (SSSR count). The first-order valence-electron chi connectivity index (χ1n) is 14.6. The minimum absolute atomic E-state index is 0.0468. The largest absolute Gasteiger partial charge is 0.465 e. The van der Waals surface area contributed by atoms with E-state index in [2.05, 4.69) is 20.5 Å². The summed E-state index contributed by atoms with van der Waals surface area (Å²) in [6.07, 6.45) is 2.17. The van der Waals surface area contributed by atoms with Gasteiger partial charge in [-0.1, -0.05) is 24.3 Å². The molecule has 0 spiro atoms. The molecule has 3 amide bonds. The summed E-state index contributed by atoms with van der Waals surface area (Å²) < 4.78 is 11.1. The van der Waals surface area contributed by atoms with Crippen molar-refractivity contribution in [3.05, 3.63) is 92.8 Å². The molecule has 16 heteroatoms. The van der Waals surface area contributed by atoms with E-state index in [1.165, 1.54) is 53.2 Å². The number of non-ortho nitro benzene ring substituents is 1. The van der Waals surface area contributed by atoms with Gasteiger partial charge in [0.2, 0.25) is 5.91 Å². The van der Waals surface area contributed by atoms with Crippen LogP contribution >= 0.6 is 0 Å². The Balaban J connectivity index is 1.48. The summed E-state index contributed by atoms with van der Waals surface area (Å²) in [5.74, 6) is -3.00. The first-order chi connectivity index (χ1) is 22.4. The fraction of sp³-hybridized carbons (Fsp3) is 0.323. The number of amidine groups is 1. The first-order valence-corrected chi connectivity index (χ1v) is 14.6. The Kier molecular flexibility index (Phi) is 11.1. The van der Waals surface area contributed by atoms with Crippen molar-refractivity contribution in [1.29, 1.82) is 5.41 Å². The Morgan fingerprint density at radius 3 is 2.36 bits per heavy atom. The van der Waals surface area contributed by atoms with Gasteiger partial charge < -0.3 is 25.0 Å². The summed E-state index contributed by atoms with van der Waals surface area (Å²) >= 11 is 0. The number of ether oxygens (including phenoxy) is 2. The average Bonchev–Trinajstić information content (AvgIpc) is 3.44. The van der Waals surface area contributed by atoms with Crippen molar-refractivity contribution >= 4 is 41.2 Å². The van der Waals surface area contributed by atoms with E-state index in [0.717, 1.165) is 18.2 Å². The molecule has 0 bridgehead atoms. The van der Waals surface area contributed by atoms with Crippen LogP contribution in [-0.2, 0) is 54.6 Å². The van der Waals surface area contributed by atoms with Crippen LogP contribution in [0.15, 0.2) is 54.7 Å². The minimum atomic E-state index is -1.04. The van der Waals surface area contributed by atoms with E-state index in [9.17, 15) is 34.1 Å². The zero-order chi connectivity index (χ0) is 34.1. The number of carbonyl (C=O) groups excluding carboxylic acids is 5. The molecule has 0 radical (unpaired) electrons. The van der Waals surface area contributed by atoms with Gasteiger partial charge in [-0.15, -0.1) is 0 Å². The maximum atomic E-state index is 13.9. The number of benzene rings is 2. The highest BCUT2D eigenvalue weighted by Gasteiger charge is 2.30. The highest BCUT2D eigenvalue weighted by atomic mass is 16.6. The van der Waals surface area contributed by atoms with Crippen molar-refractivity contribution in [3.8, 4) is 0 Å². The second-order valence-electron chi connectivity index (χ2n) is 10.5. The molecule has 0 unspecified atom stereocenters. The fourth-order valence-corrected chi connectivity index (χ4v) is 4.83. The second-order valence-corrected chi connectivity index (χ2v) is 10.5. The van der Waals surface area contributed by atoms with E-state index in [-0.39, 0.29) is 54.7 Å². The third-order valence-electron chi connectivity index (χ3n) is 7.11. The summed E-state index contributed by atoms with van der Waals surface area (Å²) in [6, 6.07) is 10.4. The lowest BCUT2D eigenvalue weighted by molar-refractivity contribution is -0.384. The molecule has 1 aromatic heterocycles. The number of nitrogens with one attached hydrogen (secondary N) is 3. The molecule has 0 saturated carbocycles. The number of hydrogen-bond acceptors (Lipinski definition) is 11. The Hall–Kier alpha value is -5.93. The standard InChI is InChI=1S/C31H33N7O9/c1-3-46-28(41)17-37-16-23-15-36(13-12-25(23)35-37)31(43)26(14-20-4-10-24(11-5-20)38(44)45)33-30(42)22-8-6-21(7-9-22)29(32)34-27(40)18-47-19(2)39/h4-11,16,26H,3,12-15,17-18H2,1-2H3,(H,33,42)(H2,32,34,40)/t26-/m0/s1. The van der Waals surface area contributed by atoms with Gasteiger partial charge in [0.25, 0.3) is 17.5 Å². The van der Waals surface area contributed by atoms with Gasteiger partial charge in [0, 0.05) is 67.9 Å². The average molecular weight is 648 g/mol. The molecule has 1 atom stereocenters. The summed E-state index contributed by atoms with van der Waals surface area (Å²) in [5, 5.41) is 28.7. The summed E-state index contributed by atoms with van der Waals surface area (Å²) in [4.78, 5) is 74.1. The number of amides is 3. The van der Waals surface area contributed by atoms with Crippen molar-refractivity contribution in [1.82, 2.24) is 25.3 Å². The van der Waals surface area contributed by atoms with Crippen molar-refractivity contribution < 1.29 is 38.4 Å². The van der Waals surface area contributed by atoms with Crippen LogP contribution in [0.2, 0.25) is 0 Å². The molecule has 246 valence electrons. The summed E-state index contributed by atoms with van der Waals surface area (Å²) in [5.41, 5.74) is 2.44. The fourth-order valence-electron chi connectivity index (χ4n) is 4.83. The van der Waals surface area contributed by atoms with Crippen molar-refractivity contribution in [2.75, 3.05) is 19.8 Å². The molecule has 0 saturated heterocycles. The van der Waals surface area contributed by atoms with Gasteiger partial charge in [0.15, 0.2) is 6.61 Å². The van der Waals surface area contributed by atoms with Crippen LogP contribution in [0.25, 0.3) is 0 Å². The Bertz CT molecular complexity index is 1680. The number of carbonyl (C=O) groups is 5. The molecule has 1 aliphatic heterocycles. The number of esters is 2. The van der Waals surface area contributed by atoms with Gasteiger partial charge in [-0.3, -0.25) is 44.2 Å². The number of nitrogens with zero attached hydrogens (tertiary/aromatic N) is 4. The Morgan fingerprint density at radius 1 is 1.04 bits per heavy atom. The van der Waals surface area contributed by atoms with Gasteiger partial charge in [0.05, 0.1) is 17.2 Å². The highest BCUT2D eigenvalue weighted by molar-refractivity contribution is 6.07. The van der Waals surface area contributed by atoms with Crippen LogP contribution in [0.4, 0.5) is 5.69 Å². The topological polar surface area (TPSA) is 216 Å². The Labute approximate surface area is 268 Å². The predicted molar refractivity (Wildman–Crippen MR) is 164 cm³/mol. The lowest BCUT2D eigenvalue weighted by Crippen LogP contribution is -2.50. The molecule has 47 heavy (non-hydrogen) atoms. The third-order valence-corrected chi connectivity index (χ3v) is 7.11. The van der Waals surface area contributed by atoms with Crippen LogP contribution in [0.5, 0.6) is 0 Å². The van der Waals surface area contributed by atoms with E-state index in [0.29, 0.717) is 18.5 Å². The number of aromatic nitrogens is 2. The van der Waals surface area contributed by atoms with E-state index in [1.54, 1.807) is 18.0 Å². The molecule has 0 fully saturated rings. The van der Waals surface area contributed by atoms with Gasteiger partial charge in [-0.25, -0.2) is 0 Å². The summed E-state index contributed by atoms with van der Waals surface area (Å²) in [6.45, 7) is 3.01. The smallest absolute Gasteiger partial charge is 0.327 e. The van der Waals surface area contributed by atoms with Crippen molar-refractivity contribution in [2.24, 2.45) is 0 Å². The second kappa shape index (κ2) is 15.4. The van der Waals surface area contributed by atoms with Gasteiger partial charge in [-0.05, 0) is 24.6 Å². The van der Waals surface area contributed by atoms with E-state index < -0.39 is 41.3 Å². The molecule has 1 aliphatic rings. The van der Waals surface area contributed by atoms with Crippen LogP contribution in [0, 0.1) is 15.5 Å². The predicted octanol–water partition coefficient (Wildman–Crippen LogP) is 1.29. The molecular weight excluding hydrogens is 614 g/mol. The number of nitro benzene ring substituents is 1. The number of hydrogen-bond donors (Lipinski definition) is 3. The zero-order valence-corrected chi connectivity index (χ0v) is 25.7. The lowest BCUT2D eigenvalue weighted by atomic mass is 10.0. The van der Waals surface area contributed by atoms with Gasteiger partial charge in [-0.2, -0.15) is 5.10 Å². The molecule has 2 aromatic carbocycles. The first kappa shape index (κ1) is 34.0. The minimum Gasteiger partial charge on any atom is -0.465 e. The molecule has 3 N–H and O–H groups in total. The van der Waals surface area contributed by atoms with Gasteiger partial charge in [0.1, 0.15) is 18.4 Å². The molecule has 2 heterocycles. The SMILES string of the molecule is CCOC(=O)Cn1cc2c(n1)CCN(C(=O)[C@H](Cc1ccc([N+](=O)[O-])cc1)NC(=O)c1ccc(C(=N)NC(=O)COC(C)=O)cc1)C2. The normalized spacial score (nSPS) is 12.7. The molecular formula is C31H33N7O9. The van der Waals surface area contributed by atoms with Crippen LogP contribution in [-0.4, -0.2) is 80.9 Å². The van der Waals surface area contributed by atoms with E-state index in [1.807, 2.05) is 0 Å².